The Morgan fingerprint density at radius 2 is 1.13 bits per heavy atom. The summed E-state index contributed by atoms with van der Waals surface area (Å²) in [4.78, 5) is 12.2. The Balaban J connectivity index is 1.98. The zero-order valence-corrected chi connectivity index (χ0v) is 17.6. The molecule has 0 amide bonds. The van der Waals surface area contributed by atoms with Crippen LogP contribution in [0.5, 0.6) is 5.75 Å². The molecule has 31 heavy (non-hydrogen) atoms. The number of benzene rings is 4. The summed E-state index contributed by atoms with van der Waals surface area (Å²) >= 11 is 0. The minimum atomic E-state index is -0.898. The van der Waals surface area contributed by atoms with Crippen LogP contribution in [0.25, 0.3) is 0 Å². The van der Waals surface area contributed by atoms with E-state index in [4.69, 9.17) is 9.47 Å². The summed E-state index contributed by atoms with van der Waals surface area (Å²) in [6, 6.07) is 35.9. The number of esters is 1. The third-order valence-electron chi connectivity index (χ3n) is 5.28. The first-order valence-corrected chi connectivity index (χ1v) is 10.2. The number of carbonyl (C=O) groups is 1. The molecule has 0 aliphatic heterocycles. The monoisotopic (exact) mass is 408 g/mol. The third kappa shape index (κ3) is 4.08. The molecule has 0 aliphatic carbocycles. The molecule has 3 heteroatoms. The fourth-order valence-corrected chi connectivity index (χ4v) is 3.91. The van der Waals surface area contributed by atoms with Crippen molar-refractivity contribution in [2.24, 2.45) is 0 Å². The first kappa shape index (κ1) is 20.4. The highest BCUT2D eigenvalue weighted by Gasteiger charge is 2.39. The van der Waals surface area contributed by atoms with Gasteiger partial charge in [0.25, 0.3) is 0 Å². The largest absolute Gasteiger partial charge is 0.473 e. The molecule has 4 rings (SSSR count). The van der Waals surface area contributed by atoms with E-state index in [-0.39, 0.29) is 0 Å². The molecule has 0 bridgehead atoms. The fraction of sp³-hybridized carbons (Fsp3) is 0.107. The van der Waals surface area contributed by atoms with E-state index in [1.54, 1.807) is 12.1 Å². The Bertz CT molecular complexity index is 1060. The normalized spacial score (nSPS) is 11.0. The quantitative estimate of drug-likeness (QED) is 0.283. The van der Waals surface area contributed by atoms with E-state index in [1.807, 2.05) is 67.6 Å². The molecule has 0 heterocycles. The van der Waals surface area contributed by atoms with Gasteiger partial charge in [-0.1, -0.05) is 91.0 Å². The summed E-state index contributed by atoms with van der Waals surface area (Å²) in [5.74, 6) is 0.204. The smallest absolute Gasteiger partial charge is 0.337 e. The van der Waals surface area contributed by atoms with Crippen molar-refractivity contribution in [3.05, 3.63) is 137 Å². The molecule has 0 spiro atoms. The van der Waals surface area contributed by atoms with Gasteiger partial charge in [-0.15, -0.1) is 0 Å². The summed E-state index contributed by atoms with van der Waals surface area (Å²) < 4.78 is 11.8. The molecule has 0 N–H and O–H groups in total. The highest BCUT2D eigenvalue weighted by molar-refractivity contribution is 5.90. The van der Waals surface area contributed by atoms with Crippen LogP contribution < -0.4 is 4.74 Å². The summed E-state index contributed by atoms with van der Waals surface area (Å²) in [6.07, 6.45) is 0. The maximum Gasteiger partial charge on any atom is 0.337 e. The Morgan fingerprint density at radius 1 is 0.677 bits per heavy atom. The molecule has 0 unspecified atom stereocenters. The first-order chi connectivity index (χ1) is 15.1. The minimum Gasteiger partial charge on any atom is -0.473 e. The molecular formula is C28H24O3. The number of ether oxygens (including phenoxy) is 2. The van der Waals surface area contributed by atoms with E-state index in [2.05, 4.69) is 36.4 Å². The van der Waals surface area contributed by atoms with Crippen molar-refractivity contribution >= 4 is 5.97 Å². The zero-order chi connectivity index (χ0) is 21.7. The molecule has 0 aliphatic rings. The highest BCUT2D eigenvalue weighted by Crippen LogP contribution is 2.41. The zero-order valence-electron chi connectivity index (χ0n) is 17.6. The molecule has 3 nitrogen and oxygen atoms in total. The average Bonchev–Trinajstić information content (AvgIpc) is 2.83. The number of aryl methyl sites for hydroxylation is 1. The second-order valence-corrected chi connectivity index (χ2v) is 7.41. The van der Waals surface area contributed by atoms with Gasteiger partial charge in [-0.3, -0.25) is 0 Å². The van der Waals surface area contributed by atoms with E-state index in [1.165, 1.54) is 7.11 Å². The molecule has 0 aromatic heterocycles. The Kier molecular flexibility index (Phi) is 5.85. The van der Waals surface area contributed by atoms with Crippen LogP contribution in [0.4, 0.5) is 0 Å². The number of hydrogen-bond acceptors (Lipinski definition) is 3. The fourth-order valence-electron chi connectivity index (χ4n) is 3.91. The number of methoxy groups -OCH3 is 1. The van der Waals surface area contributed by atoms with E-state index < -0.39 is 11.6 Å². The van der Waals surface area contributed by atoms with Gasteiger partial charge in [0.2, 0.25) is 0 Å². The Labute approximate surface area is 182 Å². The van der Waals surface area contributed by atoms with Crippen LogP contribution >= 0.6 is 0 Å². The second-order valence-electron chi connectivity index (χ2n) is 7.41. The van der Waals surface area contributed by atoms with Crippen LogP contribution in [-0.2, 0) is 10.3 Å². The topological polar surface area (TPSA) is 35.5 Å². The SMILES string of the molecule is COC(=O)c1cc(C)cc(OC(c2ccccc2)(c2ccccc2)c2ccccc2)c1. The lowest BCUT2D eigenvalue weighted by molar-refractivity contribution is 0.0599. The predicted molar refractivity (Wildman–Crippen MR) is 122 cm³/mol. The molecule has 4 aromatic carbocycles. The second kappa shape index (κ2) is 8.88. The van der Waals surface area contributed by atoms with Crippen molar-refractivity contribution in [2.45, 2.75) is 12.5 Å². The molecule has 0 fully saturated rings. The van der Waals surface area contributed by atoms with Crippen LogP contribution in [0.15, 0.2) is 109 Å². The summed E-state index contributed by atoms with van der Waals surface area (Å²) in [5.41, 5.74) is 3.46. The number of hydrogen-bond donors (Lipinski definition) is 0. The van der Waals surface area contributed by atoms with Crippen molar-refractivity contribution in [2.75, 3.05) is 7.11 Å². The predicted octanol–water partition coefficient (Wildman–Crippen LogP) is 6.15. The van der Waals surface area contributed by atoms with Gasteiger partial charge in [0.1, 0.15) is 5.75 Å². The molecule has 154 valence electrons. The van der Waals surface area contributed by atoms with E-state index >= 15 is 0 Å². The molecular weight excluding hydrogens is 384 g/mol. The molecule has 0 radical (unpaired) electrons. The van der Waals surface area contributed by atoms with E-state index in [9.17, 15) is 4.79 Å². The van der Waals surface area contributed by atoms with Crippen molar-refractivity contribution < 1.29 is 14.3 Å². The van der Waals surface area contributed by atoms with Crippen molar-refractivity contribution in [1.82, 2.24) is 0 Å². The van der Waals surface area contributed by atoms with Crippen LogP contribution in [0.3, 0.4) is 0 Å². The minimum absolute atomic E-state index is 0.390. The standard InChI is InChI=1S/C28H24O3/c1-21-18-22(27(29)30-2)20-26(19-21)31-28(23-12-6-3-7-13-23,24-14-8-4-9-15-24)25-16-10-5-11-17-25/h3-20H,1-2H3. The average molecular weight is 408 g/mol. The molecule has 0 atom stereocenters. The van der Waals surface area contributed by atoms with E-state index in [0.29, 0.717) is 11.3 Å². The van der Waals surface area contributed by atoms with Crippen LogP contribution in [0, 0.1) is 6.92 Å². The number of carbonyl (C=O) groups excluding carboxylic acids is 1. The summed E-state index contributed by atoms with van der Waals surface area (Å²) in [5, 5.41) is 0. The van der Waals surface area contributed by atoms with Gasteiger partial charge in [0.15, 0.2) is 5.60 Å². The maximum atomic E-state index is 12.2. The van der Waals surface area contributed by atoms with Gasteiger partial charge < -0.3 is 9.47 Å². The van der Waals surface area contributed by atoms with Gasteiger partial charge in [0.05, 0.1) is 12.7 Å². The van der Waals surface area contributed by atoms with Gasteiger partial charge >= 0.3 is 5.97 Å². The molecule has 0 saturated carbocycles. The summed E-state index contributed by atoms with van der Waals surface area (Å²) in [6.45, 7) is 1.94. The lowest BCUT2D eigenvalue weighted by Gasteiger charge is -2.36. The lowest BCUT2D eigenvalue weighted by atomic mass is 9.80. The highest BCUT2D eigenvalue weighted by atomic mass is 16.5. The first-order valence-electron chi connectivity index (χ1n) is 10.2. The molecule has 0 saturated heterocycles. The maximum absolute atomic E-state index is 12.2. The number of rotatable bonds is 6. The van der Waals surface area contributed by atoms with Gasteiger partial charge in [0, 0.05) is 16.7 Å². The summed E-state index contributed by atoms with van der Waals surface area (Å²) in [7, 11) is 1.38. The molecule has 4 aromatic rings. The van der Waals surface area contributed by atoms with Crippen LogP contribution in [0.1, 0.15) is 32.6 Å². The van der Waals surface area contributed by atoms with Crippen LogP contribution in [0.2, 0.25) is 0 Å². The lowest BCUT2D eigenvalue weighted by Crippen LogP contribution is -2.36. The Morgan fingerprint density at radius 3 is 1.55 bits per heavy atom. The van der Waals surface area contributed by atoms with Gasteiger partial charge in [-0.2, -0.15) is 0 Å². The van der Waals surface area contributed by atoms with E-state index in [0.717, 1.165) is 22.3 Å². The van der Waals surface area contributed by atoms with Crippen LogP contribution in [-0.4, -0.2) is 13.1 Å². The van der Waals surface area contributed by atoms with Gasteiger partial charge in [-0.25, -0.2) is 4.79 Å². The van der Waals surface area contributed by atoms with Crippen molar-refractivity contribution in [3.63, 3.8) is 0 Å². The van der Waals surface area contributed by atoms with Crippen molar-refractivity contribution in [3.8, 4) is 5.75 Å². The Hall–Kier alpha value is -3.85. The van der Waals surface area contributed by atoms with Crippen molar-refractivity contribution in [1.29, 1.82) is 0 Å². The van der Waals surface area contributed by atoms with Gasteiger partial charge in [-0.05, 0) is 30.7 Å². The third-order valence-corrected chi connectivity index (χ3v) is 5.28.